The highest BCUT2D eigenvalue weighted by Crippen LogP contribution is 2.36. The van der Waals surface area contributed by atoms with Gasteiger partial charge in [-0.2, -0.15) is 18.2 Å². The van der Waals surface area contributed by atoms with Crippen LogP contribution in [-0.2, 0) is 30.5 Å². The van der Waals surface area contributed by atoms with Crippen LogP contribution in [0.5, 0.6) is 0 Å². The van der Waals surface area contributed by atoms with E-state index in [-0.39, 0.29) is 30.7 Å². The summed E-state index contributed by atoms with van der Waals surface area (Å²) in [5.74, 6) is 5.26. The molecule has 3 aromatic heterocycles. The zero-order chi connectivity index (χ0) is 24.0. The van der Waals surface area contributed by atoms with Crippen LogP contribution in [0.2, 0.25) is 0 Å². The van der Waals surface area contributed by atoms with E-state index in [1.807, 2.05) is 9.80 Å². The molecule has 5 rings (SSSR count). The number of amides is 1. The van der Waals surface area contributed by atoms with Gasteiger partial charge in [0.25, 0.3) is 0 Å². The molecule has 0 saturated carbocycles. The lowest BCUT2D eigenvalue weighted by atomic mass is 10.1. The fourth-order valence-corrected chi connectivity index (χ4v) is 5.64. The molecule has 1 amide bonds. The first-order valence-corrected chi connectivity index (χ1v) is 11.9. The Hall–Kier alpha value is -3.00. The van der Waals surface area contributed by atoms with Gasteiger partial charge in [0.1, 0.15) is 10.6 Å². The topological polar surface area (TPSA) is 118 Å². The number of alkyl halides is 3. The number of nitrogens with two attached hydrogens (primary N) is 1. The summed E-state index contributed by atoms with van der Waals surface area (Å²) >= 11 is 1.59. The summed E-state index contributed by atoms with van der Waals surface area (Å²) in [5.41, 5.74) is 2.20. The molecule has 1 saturated heterocycles. The number of aromatic nitrogens is 5. The van der Waals surface area contributed by atoms with Gasteiger partial charge in [-0.3, -0.25) is 10.2 Å². The average molecular weight is 496 g/mol. The zero-order valence-electron chi connectivity index (χ0n) is 18.5. The third-order valence-corrected chi connectivity index (χ3v) is 7.29. The Morgan fingerprint density at radius 3 is 2.79 bits per heavy atom. The van der Waals surface area contributed by atoms with E-state index >= 15 is 0 Å². The van der Waals surface area contributed by atoms with Gasteiger partial charge in [-0.15, -0.1) is 21.5 Å². The molecule has 0 spiro atoms. The molecule has 0 aromatic carbocycles. The predicted octanol–water partition coefficient (Wildman–Crippen LogP) is 2.09. The molecular weight excluding hydrogens is 471 g/mol. The molecule has 2 aliphatic heterocycles. The number of rotatable bonds is 5. The van der Waals surface area contributed by atoms with Crippen molar-refractivity contribution in [2.45, 2.75) is 45.5 Å². The van der Waals surface area contributed by atoms with Crippen LogP contribution in [0, 0.1) is 5.92 Å². The highest BCUT2D eigenvalue weighted by Gasteiger charge is 2.40. The van der Waals surface area contributed by atoms with Crippen molar-refractivity contribution in [1.82, 2.24) is 30.2 Å². The summed E-state index contributed by atoms with van der Waals surface area (Å²) in [4.78, 5) is 27.5. The molecule has 2 aliphatic rings. The maximum atomic E-state index is 13.3. The number of nitrogens with one attached hydrogen (secondary N) is 1. The molecule has 3 aromatic rings. The predicted molar refractivity (Wildman–Crippen MR) is 120 cm³/mol. The fraction of sp³-hybridized carbons (Fsp3) is 0.550. The molecule has 0 radical (unpaired) electrons. The number of carbonyl (C=O) groups is 1. The molecule has 10 nitrogen and oxygen atoms in total. The van der Waals surface area contributed by atoms with E-state index in [0.29, 0.717) is 37.8 Å². The number of hydrazine groups is 1. The minimum Gasteiger partial charge on any atom is -0.347 e. The Morgan fingerprint density at radius 1 is 1.24 bits per heavy atom. The van der Waals surface area contributed by atoms with Crippen molar-refractivity contribution in [3.63, 3.8) is 0 Å². The van der Waals surface area contributed by atoms with E-state index in [9.17, 15) is 18.0 Å². The summed E-state index contributed by atoms with van der Waals surface area (Å²) in [5, 5.41) is 8.04. The quantitative estimate of drug-likeness (QED) is 0.314. The van der Waals surface area contributed by atoms with Gasteiger partial charge in [0.05, 0.1) is 17.8 Å². The van der Waals surface area contributed by atoms with Crippen molar-refractivity contribution in [2.24, 2.45) is 11.8 Å². The first kappa shape index (κ1) is 22.8. The van der Waals surface area contributed by atoms with Crippen LogP contribution in [-0.4, -0.2) is 50.3 Å². The molecule has 34 heavy (non-hydrogen) atoms. The second kappa shape index (κ2) is 8.65. The van der Waals surface area contributed by atoms with Gasteiger partial charge in [-0.05, 0) is 18.9 Å². The van der Waals surface area contributed by atoms with Crippen LogP contribution in [0.3, 0.4) is 0 Å². The fourth-order valence-electron chi connectivity index (χ4n) is 4.52. The van der Waals surface area contributed by atoms with E-state index in [1.165, 1.54) is 4.88 Å². The molecule has 1 atom stereocenters. The highest BCUT2D eigenvalue weighted by atomic mass is 32.1. The average Bonchev–Trinajstić information content (AvgIpc) is 3.54. The molecule has 0 bridgehead atoms. The maximum Gasteiger partial charge on any atom is 0.451 e. The van der Waals surface area contributed by atoms with Crippen molar-refractivity contribution < 1.29 is 18.0 Å². The normalized spacial score (nSPS) is 18.6. The SMILES string of the molecule is CCCc1cc2c(N3CCn4c(nnc4C(F)(F)F)C3)nc(N3CCC(C(=O)NN)C3)nc2s1. The largest absolute Gasteiger partial charge is 0.451 e. The smallest absolute Gasteiger partial charge is 0.347 e. The van der Waals surface area contributed by atoms with E-state index in [2.05, 4.69) is 28.6 Å². The third-order valence-electron chi connectivity index (χ3n) is 6.20. The van der Waals surface area contributed by atoms with Crippen molar-refractivity contribution in [2.75, 3.05) is 29.4 Å². The van der Waals surface area contributed by atoms with E-state index in [0.717, 1.165) is 27.6 Å². The second-order valence-corrected chi connectivity index (χ2v) is 9.59. The summed E-state index contributed by atoms with van der Waals surface area (Å²) < 4.78 is 40.9. The lowest BCUT2D eigenvalue weighted by molar-refractivity contribution is -0.147. The van der Waals surface area contributed by atoms with Gasteiger partial charge in [0.2, 0.25) is 17.7 Å². The van der Waals surface area contributed by atoms with Crippen molar-refractivity contribution in [1.29, 1.82) is 0 Å². The monoisotopic (exact) mass is 495 g/mol. The highest BCUT2D eigenvalue weighted by molar-refractivity contribution is 7.18. The Balaban J connectivity index is 1.51. The van der Waals surface area contributed by atoms with Crippen molar-refractivity contribution >= 4 is 39.2 Å². The number of hydrogen-bond acceptors (Lipinski definition) is 9. The standard InChI is InChI=1S/C20H24F3N9OS/c1-2-3-12-8-13-15(30-6-7-32-14(10-30)28-29-18(32)20(21,22)23)25-19(26-17(13)34-12)31-5-4-11(9-31)16(33)27-24/h8,11H,2-7,9-10,24H2,1H3,(H,27,33). The summed E-state index contributed by atoms with van der Waals surface area (Å²) in [7, 11) is 0. The van der Waals surface area contributed by atoms with Gasteiger partial charge in [0.15, 0.2) is 5.82 Å². The molecule has 1 unspecified atom stereocenters. The minimum atomic E-state index is -4.55. The van der Waals surface area contributed by atoms with Crippen molar-refractivity contribution in [3.8, 4) is 0 Å². The molecule has 182 valence electrons. The number of anilines is 2. The van der Waals surface area contributed by atoms with Crippen LogP contribution in [0.25, 0.3) is 10.2 Å². The number of hydrogen-bond donors (Lipinski definition) is 2. The molecule has 0 aliphatic carbocycles. The zero-order valence-corrected chi connectivity index (χ0v) is 19.3. The summed E-state index contributed by atoms with van der Waals surface area (Å²) in [6.45, 7) is 3.75. The maximum absolute atomic E-state index is 13.3. The molecule has 5 heterocycles. The number of nitrogens with zero attached hydrogens (tertiary/aromatic N) is 7. The summed E-state index contributed by atoms with van der Waals surface area (Å²) in [6, 6.07) is 2.07. The lowest BCUT2D eigenvalue weighted by Crippen LogP contribution is -2.37. The summed E-state index contributed by atoms with van der Waals surface area (Å²) in [6.07, 6.45) is -2.02. The number of carbonyl (C=O) groups excluding carboxylic acids is 1. The van der Waals surface area contributed by atoms with Crippen LogP contribution in [0.1, 0.15) is 36.3 Å². The minimum absolute atomic E-state index is 0.104. The van der Waals surface area contributed by atoms with Crippen LogP contribution in [0.15, 0.2) is 6.07 Å². The first-order valence-electron chi connectivity index (χ1n) is 11.1. The Kier molecular flexibility index (Phi) is 5.80. The first-order chi connectivity index (χ1) is 16.3. The van der Waals surface area contributed by atoms with E-state index in [1.54, 1.807) is 11.3 Å². The Labute approximate surface area is 196 Å². The second-order valence-electron chi connectivity index (χ2n) is 8.48. The molecule has 1 fully saturated rings. The van der Waals surface area contributed by atoms with Crippen LogP contribution < -0.4 is 21.1 Å². The Morgan fingerprint density at radius 2 is 2.06 bits per heavy atom. The molecular formula is C20H24F3N9OS. The van der Waals surface area contributed by atoms with Gasteiger partial charge in [0, 0.05) is 31.1 Å². The lowest BCUT2D eigenvalue weighted by Gasteiger charge is -2.30. The Bertz CT molecular complexity index is 1220. The third kappa shape index (κ3) is 4.04. The van der Waals surface area contributed by atoms with Gasteiger partial charge in [-0.25, -0.2) is 10.8 Å². The van der Waals surface area contributed by atoms with Crippen molar-refractivity contribution in [3.05, 3.63) is 22.6 Å². The van der Waals surface area contributed by atoms with Gasteiger partial charge < -0.3 is 14.4 Å². The number of thiophene rings is 1. The van der Waals surface area contributed by atoms with Crippen LogP contribution >= 0.6 is 11.3 Å². The number of halogens is 3. The van der Waals surface area contributed by atoms with Gasteiger partial charge >= 0.3 is 6.18 Å². The van der Waals surface area contributed by atoms with E-state index < -0.39 is 12.0 Å². The number of aryl methyl sites for hydroxylation is 1. The van der Waals surface area contributed by atoms with E-state index in [4.69, 9.17) is 15.8 Å². The molecule has 3 N–H and O–H groups in total. The molecule has 14 heteroatoms. The van der Waals surface area contributed by atoms with Crippen LogP contribution in [0.4, 0.5) is 24.9 Å². The number of fused-ring (bicyclic) bond motifs is 2. The van der Waals surface area contributed by atoms with Gasteiger partial charge in [-0.1, -0.05) is 13.3 Å².